The van der Waals surface area contributed by atoms with Crippen LogP contribution in [0.15, 0.2) is 162 Å². The van der Waals surface area contributed by atoms with Crippen LogP contribution in [-0.4, -0.2) is 19.9 Å². The first kappa shape index (κ1) is 28.5. The average molecular weight is 659 g/mol. The fourth-order valence-electron chi connectivity index (χ4n) is 6.72. The average Bonchev–Trinajstić information content (AvgIpc) is 3.79. The number of rotatable bonds is 5. The van der Waals surface area contributed by atoms with Gasteiger partial charge in [-0.15, -0.1) is 11.3 Å². The minimum atomic E-state index is 0.555. The number of benzene rings is 7. The van der Waals surface area contributed by atoms with E-state index in [9.17, 15) is 0 Å². The van der Waals surface area contributed by atoms with Crippen LogP contribution in [0, 0.1) is 0 Å². The molecule has 0 radical (unpaired) electrons. The zero-order valence-corrected chi connectivity index (χ0v) is 27.4. The summed E-state index contributed by atoms with van der Waals surface area (Å²) in [5.74, 6) is 2.31. The van der Waals surface area contributed by atoms with Gasteiger partial charge in [-0.2, -0.15) is 0 Å². The Hall–Kier alpha value is -6.50. The number of fused-ring (bicyclic) bond motifs is 5. The van der Waals surface area contributed by atoms with Gasteiger partial charge in [-0.05, 0) is 52.2 Å². The van der Waals surface area contributed by atoms with E-state index in [0.717, 1.165) is 59.6 Å². The second-order valence-corrected chi connectivity index (χ2v) is 13.4. The van der Waals surface area contributed by atoms with Crippen LogP contribution in [0.1, 0.15) is 0 Å². The van der Waals surface area contributed by atoms with Crippen molar-refractivity contribution in [3.63, 3.8) is 0 Å². The summed E-state index contributed by atoms with van der Waals surface area (Å²) in [7, 11) is 0. The molecular weight excluding hydrogens is 633 g/mol. The number of oxazole rings is 1. The first-order chi connectivity index (χ1) is 24.7. The number of nitrogens with zero attached hydrogens (tertiary/aromatic N) is 4. The summed E-state index contributed by atoms with van der Waals surface area (Å²) in [6.07, 6.45) is 0. The number of aromatic nitrogens is 4. The van der Waals surface area contributed by atoms with Gasteiger partial charge < -0.3 is 4.42 Å². The van der Waals surface area contributed by atoms with E-state index in [-0.39, 0.29) is 0 Å². The maximum atomic E-state index is 6.47. The maximum absolute atomic E-state index is 6.47. The molecule has 0 fully saturated rings. The summed E-state index contributed by atoms with van der Waals surface area (Å²) in [5.41, 5.74) is 7.33. The molecule has 0 aliphatic heterocycles. The topological polar surface area (TPSA) is 64.7 Å². The molecule has 10 aromatic rings. The molecule has 0 bridgehead atoms. The van der Waals surface area contributed by atoms with Crippen molar-refractivity contribution in [3.05, 3.63) is 158 Å². The smallest absolute Gasteiger partial charge is 0.227 e. The van der Waals surface area contributed by atoms with Crippen LogP contribution >= 0.6 is 11.3 Å². The van der Waals surface area contributed by atoms with Crippen molar-refractivity contribution in [1.82, 2.24) is 19.9 Å². The fraction of sp³-hybridized carbons (Fsp3) is 0. The number of hydrogen-bond donors (Lipinski definition) is 0. The highest BCUT2D eigenvalue weighted by molar-refractivity contribution is 7.26. The van der Waals surface area contributed by atoms with Gasteiger partial charge in [-0.25, -0.2) is 19.9 Å². The third-order valence-electron chi connectivity index (χ3n) is 9.14. The molecule has 0 atom stereocenters. The summed E-state index contributed by atoms with van der Waals surface area (Å²) in [4.78, 5) is 20.6. The molecule has 3 heterocycles. The highest BCUT2D eigenvalue weighted by Crippen LogP contribution is 2.44. The van der Waals surface area contributed by atoms with Crippen LogP contribution in [0.25, 0.3) is 98.8 Å². The second-order valence-electron chi connectivity index (χ2n) is 12.3. The normalized spacial score (nSPS) is 11.6. The van der Waals surface area contributed by atoms with Crippen LogP contribution in [0.2, 0.25) is 0 Å². The van der Waals surface area contributed by atoms with Gasteiger partial charge in [0.1, 0.15) is 5.52 Å². The Labute approximate surface area is 291 Å². The third kappa shape index (κ3) is 4.85. The molecule has 0 amide bonds. The monoisotopic (exact) mass is 658 g/mol. The molecule has 0 saturated heterocycles. The largest absolute Gasteiger partial charge is 0.436 e. The van der Waals surface area contributed by atoms with Gasteiger partial charge in [0.05, 0.1) is 5.56 Å². The van der Waals surface area contributed by atoms with Crippen molar-refractivity contribution in [2.75, 3.05) is 0 Å². The highest BCUT2D eigenvalue weighted by atomic mass is 32.1. The van der Waals surface area contributed by atoms with Crippen LogP contribution in [0.5, 0.6) is 0 Å². The van der Waals surface area contributed by atoms with E-state index in [1.165, 1.54) is 10.3 Å². The number of thiophene rings is 1. The molecule has 0 saturated carbocycles. The van der Waals surface area contributed by atoms with E-state index >= 15 is 0 Å². The lowest BCUT2D eigenvalue weighted by Crippen LogP contribution is -2.01. The lowest BCUT2D eigenvalue weighted by Gasteiger charge is -2.11. The molecule has 6 heteroatoms. The van der Waals surface area contributed by atoms with Gasteiger partial charge in [0.15, 0.2) is 23.1 Å². The fourth-order valence-corrected chi connectivity index (χ4v) is 7.86. The molecule has 234 valence electrons. The van der Waals surface area contributed by atoms with Gasteiger partial charge in [-0.1, -0.05) is 121 Å². The molecule has 0 aliphatic rings. The van der Waals surface area contributed by atoms with Crippen LogP contribution in [-0.2, 0) is 0 Å². The first-order valence-corrected chi connectivity index (χ1v) is 17.3. The van der Waals surface area contributed by atoms with Crippen LogP contribution < -0.4 is 0 Å². The predicted molar refractivity (Wildman–Crippen MR) is 205 cm³/mol. The minimum absolute atomic E-state index is 0.555. The van der Waals surface area contributed by atoms with Crippen molar-refractivity contribution >= 4 is 53.4 Å². The Morgan fingerprint density at radius 1 is 0.420 bits per heavy atom. The summed E-state index contributed by atoms with van der Waals surface area (Å²) in [6.45, 7) is 0. The van der Waals surface area contributed by atoms with Crippen LogP contribution in [0.4, 0.5) is 0 Å². The molecular formula is C44H26N4OS. The van der Waals surface area contributed by atoms with Crippen molar-refractivity contribution in [2.24, 2.45) is 0 Å². The first-order valence-electron chi connectivity index (χ1n) is 16.5. The van der Waals surface area contributed by atoms with Gasteiger partial charge in [0.2, 0.25) is 5.89 Å². The van der Waals surface area contributed by atoms with E-state index in [1.807, 2.05) is 66.7 Å². The van der Waals surface area contributed by atoms with E-state index in [1.54, 1.807) is 11.3 Å². The molecule has 0 aliphatic carbocycles. The van der Waals surface area contributed by atoms with Gasteiger partial charge in [0.25, 0.3) is 0 Å². The molecule has 0 unspecified atom stereocenters. The van der Waals surface area contributed by atoms with Crippen molar-refractivity contribution < 1.29 is 4.42 Å². The zero-order valence-electron chi connectivity index (χ0n) is 26.6. The van der Waals surface area contributed by atoms with E-state index in [0.29, 0.717) is 28.9 Å². The Morgan fingerprint density at radius 2 is 1.02 bits per heavy atom. The van der Waals surface area contributed by atoms with Crippen molar-refractivity contribution in [3.8, 4) is 56.7 Å². The molecule has 7 aromatic carbocycles. The Morgan fingerprint density at radius 3 is 1.78 bits per heavy atom. The van der Waals surface area contributed by atoms with Gasteiger partial charge in [0, 0.05) is 42.9 Å². The van der Waals surface area contributed by atoms with Gasteiger partial charge >= 0.3 is 0 Å². The van der Waals surface area contributed by atoms with E-state index in [2.05, 4.69) is 91.0 Å². The molecule has 10 rings (SSSR count). The molecule has 0 spiro atoms. The van der Waals surface area contributed by atoms with Gasteiger partial charge in [-0.3, -0.25) is 0 Å². The lowest BCUT2D eigenvalue weighted by atomic mass is 9.99. The Kier molecular flexibility index (Phi) is 6.60. The highest BCUT2D eigenvalue weighted by Gasteiger charge is 2.23. The number of hydrogen-bond acceptors (Lipinski definition) is 6. The molecule has 3 aromatic heterocycles. The zero-order chi connectivity index (χ0) is 33.0. The summed E-state index contributed by atoms with van der Waals surface area (Å²) < 4.78 is 8.74. The lowest BCUT2D eigenvalue weighted by molar-refractivity contribution is 0.620. The molecule has 0 N–H and O–H groups in total. The SMILES string of the molecule is c1ccc(-c2ccc3ccc(-c4nc(-c5ccccc5)nc(-c5c6nc(-c7ccccc7)oc6cc6sc7ccccc7c56)n4)cc3c2)cc1. The summed E-state index contributed by atoms with van der Waals surface area (Å²) in [5, 5.41) is 4.46. The van der Waals surface area contributed by atoms with E-state index < -0.39 is 0 Å². The maximum Gasteiger partial charge on any atom is 0.227 e. The standard InChI is InChI=1S/C44H26N4OS/c1-4-12-27(13-5-1)31-22-20-28-21-23-32(25-33(28)24-31)42-46-41(29-14-6-2-7-15-29)47-43(48-42)39-38-34-18-10-11-19-36(34)50-37(38)26-35-40(39)45-44(49-35)30-16-8-3-9-17-30/h1-26H. The van der Waals surface area contributed by atoms with Crippen LogP contribution in [0.3, 0.4) is 0 Å². The molecule has 50 heavy (non-hydrogen) atoms. The van der Waals surface area contributed by atoms with E-state index in [4.69, 9.17) is 24.4 Å². The summed E-state index contributed by atoms with van der Waals surface area (Å²) >= 11 is 1.73. The Bertz CT molecular complexity index is 2860. The third-order valence-corrected chi connectivity index (χ3v) is 10.3. The molecule has 5 nitrogen and oxygen atoms in total. The quantitative estimate of drug-likeness (QED) is 0.184. The Balaban J connectivity index is 1.25. The van der Waals surface area contributed by atoms with Crippen molar-refractivity contribution in [2.45, 2.75) is 0 Å². The summed E-state index contributed by atoms with van der Waals surface area (Å²) in [6, 6.07) is 54.1. The minimum Gasteiger partial charge on any atom is -0.436 e. The second kappa shape index (κ2) is 11.6. The predicted octanol–water partition coefficient (Wildman–Crippen LogP) is 11.9. The van der Waals surface area contributed by atoms with Crippen molar-refractivity contribution in [1.29, 1.82) is 0 Å².